The summed E-state index contributed by atoms with van der Waals surface area (Å²) in [5.41, 5.74) is 0. The zero-order valence-corrected chi connectivity index (χ0v) is 17.3. The van der Waals surface area contributed by atoms with Gasteiger partial charge in [-0.2, -0.15) is 0 Å². The quantitative estimate of drug-likeness (QED) is 0.234. The third-order valence-corrected chi connectivity index (χ3v) is 5.48. The van der Waals surface area contributed by atoms with E-state index < -0.39 is 0 Å². The van der Waals surface area contributed by atoms with Crippen LogP contribution in [0, 0.1) is 37.0 Å². The van der Waals surface area contributed by atoms with Crippen LogP contribution in [0.2, 0.25) is 0 Å². The van der Waals surface area contributed by atoms with Crippen molar-refractivity contribution >= 4 is 9.69 Å². The van der Waals surface area contributed by atoms with Crippen molar-refractivity contribution in [1.29, 1.82) is 0 Å². The Morgan fingerprint density at radius 1 is 0.571 bits per heavy atom. The molecule has 21 heavy (non-hydrogen) atoms. The Hall–Kier alpha value is 0.393. The second kappa shape index (κ2) is 14.0. The van der Waals surface area contributed by atoms with Crippen LogP contribution in [0.3, 0.4) is 0 Å². The van der Waals surface area contributed by atoms with Crippen LogP contribution in [0.1, 0.15) is 60.3 Å². The molecule has 0 amide bonds. The van der Waals surface area contributed by atoms with Crippen molar-refractivity contribution < 1.29 is 17.3 Å². The van der Waals surface area contributed by atoms with Gasteiger partial charge in [0.25, 0.3) is 0 Å². The van der Waals surface area contributed by atoms with E-state index in [1.165, 1.54) is 25.7 Å². The Morgan fingerprint density at radius 3 is 0.857 bits per heavy atom. The summed E-state index contributed by atoms with van der Waals surface area (Å²) in [4.78, 5) is 0. The Kier molecular flexibility index (Phi) is 15.8. The summed E-state index contributed by atoms with van der Waals surface area (Å²) < 4.78 is 0. The maximum absolute atomic E-state index is 4.57. The Bertz CT molecular complexity index is 214. The van der Waals surface area contributed by atoms with Crippen molar-refractivity contribution in [3.8, 4) is 0 Å². The molecule has 2 aliphatic carbocycles. The second-order valence-corrected chi connectivity index (χ2v) is 6.39. The molecular weight excluding hydrogens is 365 g/mol. The maximum atomic E-state index is 4.57. The normalized spacial score (nSPS) is 37.4. The first kappa shape index (κ1) is 23.7. The van der Waals surface area contributed by atoms with Gasteiger partial charge in [0.2, 0.25) is 0 Å². The number of hydrogen-bond acceptors (Lipinski definition) is 0. The minimum absolute atomic E-state index is 0. The van der Waals surface area contributed by atoms with Crippen molar-refractivity contribution in [3.05, 3.63) is 31.7 Å². The molecule has 0 aromatic rings. The summed E-state index contributed by atoms with van der Waals surface area (Å²) in [6.07, 6.45) is 14.0. The van der Waals surface area contributed by atoms with E-state index in [-0.39, 0.29) is 7.43 Å². The molecule has 0 aromatic heterocycles. The van der Waals surface area contributed by atoms with E-state index in [9.17, 15) is 0 Å². The molecule has 126 valence electrons. The van der Waals surface area contributed by atoms with E-state index in [1.54, 1.807) is 0 Å². The summed E-state index contributed by atoms with van der Waals surface area (Å²) in [6.45, 7) is 12.0. The van der Waals surface area contributed by atoms with Crippen LogP contribution in [-0.4, -0.2) is 0 Å². The van der Waals surface area contributed by atoms with Crippen LogP contribution < -0.4 is 0 Å². The molecule has 0 heterocycles. The first-order chi connectivity index (χ1) is 9.55. The Balaban J connectivity index is 0. The standard InChI is InChI=1S/C10H20.C8H12.CH3.ClH.Ru/c1-6-7(2)9(4)10(5)8(6)3;1-2-4-6-8-7-5-3-1;;;/h6-10H,1-5H3;1-2,7-8H,3-6H2;1H3;1H;/q;;-1;;+2/p-1/b;2-1-,8-7-;;;. The predicted octanol–water partition coefficient (Wildman–Crippen LogP) is 6.99. The van der Waals surface area contributed by atoms with Crippen molar-refractivity contribution in [2.24, 2.45) is 29.6 Å². The molecule has 2 heteroatoms. The number of rotatable bonds is 0. The van der Waals surface area contributed by atoms with Crippen LogP contribution in [0.4, 0.5) is 0 Å². The fourth-order valence-corrected chi connectivity index (χ4v) is 3.25. The molecule has 1 saturated carbocycles. The molecule has 1 fully saturated rings. The van der Waals surface area contributed by atoms with E-state index >= 15 is 0 Å². The van der Waals surface area contributed by atoms with Gasteiger partial charge in [-0.15, -0.1) is 0 Å². The van der Waals surface area contributed by atoms with E-state index in [0.29, 0.717) is 0 Å². The number of allylic oxidation sites excluding steroid dienone is 4. The SMILES string of the molecule is C1=C\CC/C=C\CC/1.CC1C(C)C(C)C(C)C1C.[CH3-].[Cl][Ru+]. The number of hydrogen-bond donors (Lipinski definition) is 0. The summed E-state index contributed by atoms with van der Waals surface area (Å²) in [5.74, 6) is 4.68. The molecule has 0 N–H and O–H groups in total. The van der Waals surface area contributed by atoms with Crippen LogP contribution in [0.5, 0.6) is 0 Å². The van der Waals surface area contributed by atoms with E-state index in [4.69, 9.17) is 0 Å². The van der Waals surface area contributed by atoms with Crippen molar-refractivity contribution in [1.82, 2.24) is 0 Å². The van der Waals surface area contributed by atoms with Gasteiger partial charge in [-0.25, -0.2) is 0 Å². The molecule has 2 rings (SSSR count). The molecule has 0 bridgehead atoms. The monoisotopic (exact) mass is 400 g/mol. The fourth-order valence-electron chi connectivity index (χ4n) is 3.25. The molecule has 0 nitrogen and oxygen atoms in total. The van der Waals surface area contributed by atoms with Gasteiger partial charge < -0.3 is 7.43 Å². The van der Waals surface area contributed by atoms with E-state index in [1.807, 2.05) is 17.3 Å². The third-order valence-electron chi connectivity index (χ3n) is 5.48. The minimum atomic E-state index is 0. The molecule has 0 aliphatic heterocycles. The van der Waals surface area contributed by atoms with Crippen molar-refractivity contribution in [2.75, 3.05) is 0 Å². The second-order valence-electron chi connectivity index (χ2n) is 6.39. The number of halogens is 1. The summed E-state index contributed by atoms with van der Waals surface area (Å²) in [5, 5.41) is 0. The first-order valence-corrected chi connectivity index (χ1v) is 10.2. The zero-order valence-electron chi connectivity index (χ0n) is 14.8. The van der Waals surface area contributed by atoms with E-state index in [2.05, 4.69) is 68.6 Å². The predicted molar refractivity (Wildman–Crippen MR) is 94.8 cm³/mol. The summed E-state index contributed by atoms with van der Waals surface area (Å²) >= 11 is 1.82. The van der Waals surface area contributed by atoms with Crippen molar-refractivity contribution in [3.63, 3.8) is 0 Å². The van der Waals surface area contributed by atoms with Crippen LogP contribution in [0.15, 0.2) is 24.3 Å². The van der Waals surface area contributed by atoms with Gasteiger partial charge in [-0.05, 0) is 55.3 Å². The molecule has 0 atom stereocenters. The van der Waals surface area contributed by atoms with Gasteiger partial charge in [0, 0.05) is 0 Å². The Labute approximate surface area is 148 Å². The molecule has 0 spiro atoms. The van der Waals surface area contributed by atoms with Gasteiger partial charge in [-0.1, -0.05) is 58.9 Å². The van der Waals surface area contributed by atoms with Crippen LogP contribution >= 0.6 is 9.69 Å². The molecule has 2 aliphatic rings. The summed E-state index contributed by atoms with van der Waals surface area (Å²) in [6, 6.07) is 0. The van der Waals surface area contributed by atoms with Gasteiger partial charge in [-0.3, -0.25) is 0 Å². The average Bonchev–Trinajstić information content (AvgIpc) is 2.59. The van der Waals surface area contributed by atoms with Gasteiger partial charge in [0.1, 0.15) is 0 Å². The van der Waals surface area contributed by atoms with Gasteiger partial charge in [0.05, 0.1) is 0 Å². The third kappa shape index (κ3) is 8.56. The topological polar surface area (TPSA) is 0 Å². The van der Waals surface area contributed by atoms with Gasteiger partial charge in [0.15, 0.2) is 0 Å². The molecular formula is C19H35ClRu. The fraction of sp³-hybridized carbons (Fsp3) is 0.737. The Morgan fingerprint density at radius 2 is 0.714 bits per heavy atom. The van der Waals surface area contributed by atoms with Crippen LogP contribution in [0.25, 0.3) is 0 Å². The molecule has 0 saturated heterocycles. The average molecular weight is 400 g/mol. The van der Waals surface area contributed by atoms with Crippen molar-refractivity contribution in [2.45, 2.75) is 60.3 Å². The van der Waals surface area contributed by atoms with Crippen LogP contribution in [-0.2, 0) is 17.3 Å². The first-order valence-electron chi connectivity index (χ1n) is 7.99. The molecule has 0 unspecified atom stereocenters. The van der Waals surface area contributed by atoms with E-state index in [0.717, 1.165) is 29.6 Å². The zero-order chi connectivity index (χ0) is 15.5. The molecule has 0 aromatic carbocycles. The summed E-state index contributed by atoms with van der Waals surface area (Å²) in [7, 11) is 4.57. The molecule has 0 radical (unpaired) electrons. The van der Waals surface area contributed by atoms with Gasteiger partial charge >= 0.3 is 27.0 Å².